The van der Waals surface area contributed by atoms with Gasteiger partial charge in [0.2, 0.25) is 8.32 Å². The third-order valence-corrected chi connectivity index (χ3v) is 32.9. The van der Waals surface area contributed by atoms with Crippen molar-refractivity contribution in [1.29, 1.82) is 0 Å². The van der Waals surface area contributed by atoms with Crippen molar-refractivity contribution >= 4 is 41.3 Å². The van der Waals surface area contributed by atoms with E-state index in [0.29, 0.717) is 0 Å². The van der Waals surface area contributed by atoms with Gasteiger partial charge in [0.1, 0.15) is 0 Å². The topological polar surface area (TPSA) is 36.9 Å². The Balaban J connectivity index is 7.19. The SMILES string of the molecule is CCC[Si](C)(OC(C)[C@@](C)(CC)[Si](C)(C)OC(CC)(CC)[Si](C)(C)C)C(C)(CC)C(C)(CC)O[Si](C)(C)C(CC)(CC)O[Si](C)(C)C. The van der Waals surface area contributed by atoms with E-state index in [4.69, 9.17) is 17.7 Å². The summed E-state index contributed by atoms with van der Waals surface area (Å²) in [6.07, 6.45) is 8.47. The Labute approximate surface area is 302 Å². The van der Waals surface area contributed by atoms with Crippen LogP contribution in [0.1, 0.15) is 134 Å². The molecule has 0 amide bonds. The summed E-state index contributed by atoms with van der Waals surface area (Å²) < 4.78 is 30.4. The molecule has 0 aliphatic heterocycles. The zero-order valence-corrected chi connectivity index (χ0v) is 41.6. The molecule has 4 nitrogen and oxygen atoms in total. The highest BCUT2D eigenvalue weighted by Crippen LogP contribution is 2.59. The van der Waals surface area contributed by atoms with E-state index in [0.717, 1.165) is 57.4 Å². The fourth-order valence-electron chi connectivity index (χ4n) is 9.37. The van der Waals surface area contributed by atoms with Crippen LogP contribution in [0.5, 0.6) is 0 Å². The van der Waals surface area contributed by atoms with Gasteiger partial charge in [-0.1, -0.05) is 95.3 Å². The number of hydrogen-bond acceptors (Lipinski definition) is 4. The molecule has 0 aliphatic rings. The smallest absolute Gasteiger partial charge is 0.217 e. The van der Waals surface area contributed by atoms with Gasteiger partial charge in [0, 0.05) is 21.4 Å². The average molecular weight is 750 g/mol. The molecule has 0 N–H and O–H groups in total. The van der Waals surface area contributed by atoms with Gasteiger partial charge in [-0.15, -0.1) is 0 Å². The summed E-state index contributed by atoms with van der Waals surface area (Å²) in [5, 5.41) is -0.323. The second-order valence-corrected chi connectivity index (χ2v) is 41.5. The van der Waals surface area contributed by atoms with E-state index in [-0.39, 0.29) is 32.2 Å². The van der Waals surface area contributed by atoms with E-state index in [1.165, 1.54) is 0 Å². The summed E-state index contributed by atoms with van der Waals surface area (Å²) in [6.45, 7) is 55.7. The van der Waals surface area contributed by atoms with Gasteiger partial charge in [-0.3, -0.25) is 0 Å². The Morgan fingerprint density at radius 1 is 0.511 bits per heavy atom. The van der Waals surface area contributed by atoms with E-state index in [9.17, 15) is 0 Å². The standard InChI is InChI=1S/C38H88O4Si5/c1-24-32-47(23,39-33(9)34(10,25-2)45(19,20)42-37(28-5,29-6)43(13,14)15)36(12,27-4)35(11,26-3)40-46(21,22)38(30-7,31-8)41-44(16,17)18/h33H,24-32H2,1-23H3/t33?,34-,35?,36?,47?/m1/s1. The predicted molar refractivity (Wildman–Crippen MR) is 225 cm³/mol. The molecule has 0 aromatic heterocycles. The molecule has 4 unspecified atom stereocenters. The van der Waals surface area contributed by atoms with Crippen molar-refractivity contribution in [3.05, 3.63) is 0 Å². The fraction of sp³-hybridized carbons (Fsp3) is 1.00. The predicted octanol–water partition coefficient (Wildman–Crippen LogP) is 13.7. The van der Waals surface area contributed by atoms with Gasteiger partial charge < -0.3 is 17.7 Å². The molecule has 47 heavy (non-hydrogen) atoms. The third-order valence-electron chi connectivity index (χ3n) is 14.1. The maximum atomic E-state index is 7.84. The second-order valence-electron chi connectivity index (χ2n) is 18.9. The van der Waals surface area contributed by atoms with Crippen LogP contribution >= 0.6 is 0 Å². The Morgan fingerprint density at radius 3 is 1.26 bits per heavy atom. The first-order valence-electron chi connectivity index (χ1n) is 19.8. The molecule has 0 saturated heterocycles. The molecule has 0 spiro atoms. The summed E-state index contributed by atoms with van der Waals surface area (Å²) >= 11 is 0. The van der Waals surface area contributed by atoms with Crippen LogP contribution in [0.3, 0.4) is 0 Å². The van der Waals surface area contributed by atoms with Gasteiger partial charge in [-0.25, -0.2) is 0 Å². The van der Waals surface area contributed by atoms with Crippen LogP contribution < -0.4 is 0 Å². The normalized spacial score (nSPS) is 20.2. The van der Waals surface area contributed by atoms with Gasteiger partial charge in [-0.05, 0) is 117 Å². The van der Waals surface area contributed by atoms with Crippen LogP contribution in [-0.2, 0) is 17.7 Å². The zero-order chi connectivity index (χ0) is 37.8. The maximum Gasteiger partial charge on any atom is 0.217 e. The maximum absolute atomic E-state index is 7.84. The van der Waals surface area contributed by atoms with Gasteiger partial charge in [0.15, 0.2) is 25.0 Å². The van der Waals surface area contributed by atoms with Crippen LogP contribution in [0.15, 0.2) is 0 Å². The summed E-state index contributed by atoms with van der Waals surface area (Å²) in [6, 6.07) is 1.13. The lowest BCUT2D eigenvalue weighted by molar-refractivity contribution is -0.0159. The molecular formula is C38H88O4Si5. The fourth-order valence-corrected chi connectivity index (χ4v) is 28.9. The number of rotatable bonds is 23. The summed E-state index contributed by atoms with van der Waals surface area (Å²) in [7, 11) is -10.5. The average Bonchev–Trinajstić information content (AvgIpc) is 2.95. The molecule has 9 heteroatoms. The quantitative estimate of drug-likeness (QED) is 0.0975. The molecule has 0 heterocycles. The molecule has 0 rings (SSSR count). The van der Waals surface area contributed by atoms with Crippen molar-refractivity contribution in [3.8, 4) is 0 Å². The molecule has 0 aliphatic carbocycles. The lowest BCUT2D eigenvalue weighted by Crippen LogP contribution is -2.68. The van der Waals surface area contributed by atoms with Crippen molar-refractivity contribution in [2.75, 3.05) is 0 Å². The molecule has 0 aromatic carbocycles. The molecule has 0 aromatic rings. The van der Waals surface area contributed by atoms with Crippen molar-refractivity contribution < 1.29 is 17.7 Å². The van der Waals surface area contributed by atoms with Crippen LogP contribution in [0.25, 0.3) is 0 Å². The Kier molecular flexibility index (Phi) is 17.1. The van der Waals surface area contributed by atoms with Crippen LogP contribution in [-0.4, -0.2) is 63.5 Å². The van der Waals surface area contributed by atoms with E-state index in [1.54, 1.807) is 0 Å². The van der Waals surface area contributed by atoms with Gasteiger partial charge in [0.25, 0.3) is 0 Å². The highest BCUT2D eigenvalue weighted by atomic mass is 28.4. The number of hydrogen-bond donors (Lipinski definition) is 0. The summed E-state index contributed by atoms with van der Waals surface area (Å²) in [5.74, 6) is 0. The first-order valence-corrected chi connectivity index (χ1v) is 35.1. The molecule has 0 fully saturated rings. The van der Waals surface area contributed by atoms with Gasteiger partial charge in [0.05, 0.1) is 18.9 Å². The van der Waals surface area contributed by atoms with Crippen LogP contribution in [0.4, 0.5) is 0 Å². The highest BCUT2D eigenvalue weighted by molar-refractivity contribution is 6.82. The molecule has 284 valence electrons. The van der Waals surface area contributed by atoms with Crippen LogP contribution in [0.2, 0.25) is 88.1 Å². The lowest BCUT2D eigenvalue weighted by atomic mass is 9.85. The van der Waals surface area contributed by atoms with E-state index >= 15 is 0 Å². The summed E-state index contributed by atoms with van der Waals surface area (Å²) in [5.41, 5.74) is -0.324. The molecule has 0 saturated carbocycles. The van der Waals surface area contributed by atoms with E-state index in [1.807, 2.05) is 0 Å². The Morgan fingerprint density at radius 2 is 0.957 bits per heavy atom. The highest BCUT2D eigenvalue weighted by Gasteiger charge is 2.63. The summed E-state index contributed by atoms with van der Waals surface area (Å²) in [4.78, 5) is 0. The second kappa shape index (κ2) is 16.7. The van der Waals surface area contributed by atoms with Crippen molar-refractivity contribution in [2.24, 2.45) is 0 Å². The van der Waals surface area contributed by atoms with Crippen molar-refractivity contribution in [3.63, 3.8) is 0 Å². The molecule has 0 radical (unpaired) electrons. The van der Waals surface area contributed by atoms with Crippen molar-refractivity contribution in [1.82, 2.24) is 0 Å². The van der Waals surface area contributed by atoms with E-state index < -0.39 is 41.3 Å². The van der Waals surface area contributed by atoms with Gasteiger partial charge >= 0.3 is 0 Å². The van der Waals surface area contributed by atoms with E-state index in [2.05, 4.69) is 155 Å². The Hall–Kier alpha value is 0.924. The lowest BCUT2D eigenvalue weighted by Gasteiger charge is -2.60. The molecule has 0 bridgehead atoms. The van der Waals surface area contributed by atoms with Gasteiger partial charge in [-0.2, -0.15) is 0 Å². The minimum atomic E-state index is -2.42. The molecule has 5 atom stereocenters. The Bertz CT molecular complexity index is 953. The van der Waals surface area contributed by atoms with Crippen LogP contribution in [0, 0.1) is 0 Å². The third kappa shape index (κ3) is 9.48. The first kappa shape index (κ1) is 47.9. The zero-order valence-electron chi connectivity index (χ0n) is 36.6. The minimum absolute atomic E-state index is 0.00513. The largest absolute Gasteiger partial charge is 0.414 e. The molecular weight excluding hydrogens is 661 g/mol. The monoisotopic (exact) mass is 749 g/mol. The van der Waals surface area contributed by atoms with Crippen molar-refractivity contribution in [2.45, 2.75) is 245 Å². The first-order chi connectivity index (χ1) is 21.0. The minimum Gasteiger partial charge on any atom is -0.414 e.